The molecule has 3 aliphatic rings. The summed E-state index contributed by atoms with van der Waals surface area (Å²) in [7, 11) is 3.50. The third-order valence-electron chi connectivity index (χ3n) is 4.26. The van der Waals surface area contributed by atoms with Gasteiger partial charge < -0.3 is 9.47 Å². The van der Waals surface area contributed by atoms with Crippen LogP contribution in [0.2, 0.25) is 0 Å². The van der Waals surface area contributed by atoms with Gasteiger partial charge >= 0.3 is 0 Å². The average molecular weight is 282 g/mol. The Labute approximate surface area is 126 Å². The maximum Gasteiger partial charge on any atom is 0.0610 e. The van der Waals surface area contributed by atoms with Crippen molar-refractivity contribution < 1.29 is 9.47 Å². The van der Waals surface area contributed by atoms with Gasteiger partial charge in [-0.2, -0.15) is 0 Å². The maximum atomic E-state index is 5.46. The van der Waals surface area contributed by atoms with Crippen molar-refractivity contribution in [2.45, 2.75) is 0 Å². The second-order valence-electron chi connectivity index (χ2n) is 5.89. The van der Waals surface area contributed by atoms with Gasteiger partial charge in [0.2, 0.25) is 0 Å². The summed E-state index contributed by atoms with van der Waals surface area (Å²) < 4.78 is 10.9. The molecule has 0 saturated heterocycles. The molecule has 0 saturated carbocycles. The molecular formula is C19H22O2. The Hall–Kier alpha value is -1.64. The van der Waals surface area contributed by atoms with Crippen LogP contribution in [0.25, 0.3) is 0 Å². The number of hydrogen-bond acceptors (Lipinski definition) is 2. The first kappa shape index (κ1) is 14.3. The highest BCUT2D eigenvalue weighted by molar-refractivity contribution is 5.53. The minimum atomic E-state index is -0.150. The van der Waals surface area contributed by atoms with Crippen molar-refractivity contribution in [3.8, 4) is 0 Å². The summed E-state index contributed by atoms with van der Waals surface area (Å²) in [6, 6.07) is 0. The highest BCUT2D eigenvalue weighted by Crippen LogP contribution is 2.44. The van der Waals surface area contributed by atoms with Crippen molar-refractivity contribution in [1.29, 1.82) is 0 Å². The molecule has 3 rings (SSSR count). The first-order chi connectivity index (χ1) is 10.3. The van der Waals surface area contributed by atoms with Crippen LogP contribution in [-0.2, 0) is 9.47 Å². The van der Waals surface area contributed by atoms with E-state index in [1.807, 2.05) is 0 Å². The quantitative estimate of drug-likeness (QED) is 0.741. The summed E-state index contributed by atoms with van der Waals surface area (Å²) in [6.07, 6.45) is 22.2. The van der Waals surface area contributed by atoms with Crippen LogP contribution in [0.4, 0.5) is 0 Å². The Bertz CT molecular complexity index is 496. The summed E-state index contributed by atoms with van der Waals surface area (Å²) in [5, 5.41) is 0. The second-order valence-corrected chi connectivity index (χ2v) is 5.89. The van der Waals surface area contributed by atoms with Gasteiger partial charge in [-0.05, 0) is 11.1 Å². The number of hydrogen-bond donors (Lipinski definition) is 0. The van der Waals surface area contributed by atoms with E-state index in [0.29, 0.717) is 25.0 Å². The largest absolute Gasteiger partial charge is 0.383 e. The lowest BCUT2D eigenvalue weighted by Gasteiger charge is -2.23. The predicted molar refractivity (Wildman–Crippen MR) is 85.9 cm³/mol. The molecular weight excluding hydrogens is 260 g/mol. The van der Waals surface area contributed by atoms with Crippen molar-refractivity contribution in [3.63, 3.8) is 0 Å². The molecule has 0 fully saturated rings. The van der Waals surface area contributed by atoms with Crippen LogP contribution in [0.5, 0.6) is 0 Å². The number of methoxy groups -OCH3 is 2. The van der Waals surface area contributed by atoms with E-state index < -0.39 is 0 Å². The molecule has 2 heteroatoms. The summed E-state index contributed by atoms with van der Waals surface area (Å²) in [4.78, 5) is 0. The molecule has 0 radical (unpaired) electrons. The van der Waals surface area contributed by atoms with Gasteiger partial charge in [0.15, 0.2) is 0 Å². The summed E-state index contributed by atoms with van der Waals surface area (Å²) in [5.41, 5.74) is 2.62. The van der Waals surface area contributed by atoms with Crippen LogP contribution in [0.15, 0.2) is 71.9 Å². The lowest BCUT2D eigenvalue weighted by molar-refractivity contribution is 0.0684. The second kappa shape index (κ2) is 6.00. The van der Waals surface area contributed by atoms with Gasteiger partial charge in [-0.1, -0.05) is 60.8 Å². The third kappa shape index (κ3) is 2.74. The fraction of sp³-hybridized carbons (Fsp3) is 0.368. The normalized spacial score (nSPS) is 23.3. The molecule has 3 aliphatic carbocycles. The van der Waals surface area contributed by atoms with Crippen LogP contribution in [0.1, 0.15) is 0 Å². The maximum absolute atomic E-state index is 5.46. The Morgan fingerprint density at radius 2 is 1.14 bits per heavy atom. The first-order valence-corrected chi connectivity index (χ1v) is 7.42. The summed E-state index contributed by atoms with van der Waals surface area (Å²) in [5.74, 6) is 0.739. The molecule has 110 valence electrons. The molecule has 0 spiro atoms. The minimum Gasteiger partial charge on any atom is -0.383 e. The van der Waals surface area contributed by atoms with Crippen LogP contribution in [0.3, 0.4) is 0 Å². The van der Waals surface area contributed by atoms with Crippen molar-refractivity contribution in [3.05, 3.63) is 71.9 Å². The van der Waals surface area contributed by atoms with Crippen LogP contribution >= 0.6 is 0 Å². The number of allylic oxidation sites excluding steroid dienone is 10. The topological polar surface area (TPSA) is 18.5 Å². The number of ether oxygens (including phenoxy) is 2. The lowest BCUT2D eigenvalue weighted by Crippen LogP contribution is -2.26. The van der Waals surface area contributed by atoms with E-state index in [4.69, 9.17) is 9.47 Å². The lowest BCUT2D eigenvalue weighted by atomic mass is 9.88. The molecule has 21 heavy (non-hydrogen) atoms. The third-order valence-corrected chi connectivity index (χ3v) is 4.26. The van der Waals surface area contributed by atoms with Crippen molar-refractivity contribution >= 4 is 0 Å². The van der Waals surface area contributed by atoms with Gasteiger partial charge in [0.25, 0.3) is 0 Å². The Kier molecular flexibility index (Phi) is 4.09. The molecule has 0 aromatic heterocycles. The minimum absolute atomic E-state index is 0.150. The molecule has 0 atom stereocenters. The molecule has 0 aromatic carbocycles. The molecule has 0 heterocycles. The molecule has 0 unspecified atom stereocenters. The zero-order chi connectivity index (χ0) is 14.7. The molecule has 0 N–H and O–H groups in total. The van der Waals surface area contributed by atoms with Gasteiger partial charge in [0.05, 0.1) is 18.6 Å². The van der Waals surface area contributed by atoms with Gasteiger partial charge in [-0.25, -0.2) is 0 Å². The van der Waals surface area contributed by atoms with Gasteiger partial charge in [-0.3, -0.25) is 0 Å². The van der Waals surface area contributed by atoms with Crippen LogP contribution < -0.4 is 0 Å². The van der Waals surface area contributed by atoms with E-state index in [-0.39, 0.29) is 5.41 Å². The Morgan fingerprint density at radius 3 is 1.48 bits per heavy atom. The standard InChI is InChI=1S/C19H22O2/c1-20-13-19(14-21-2)11-17(15-7-3-4-8-15)18(12-19)16-9-5-6-10-16/h3-12,15-16H,13-14H2,1-2H3. The van der Waals surface area contributed by atoms with E-state index in [1.54, 1.807) is 14.2 Å². The monoisotopic (exact) mass is 282 g/mol. The smallest absolute Gasteiger partial charge is 0.0610 e. The molecule has 0 aliphatic heterocycles. The van der Waals surface area contributed by atoms with Crippen molar-refractivity contribution in [2.75, 3.05) is 27.4 Å². The van der Waals surface area contributed by atoms with Gasteiger partial charge in [0, 0.05) is 26.1 Å². The van der Waals surface area contributed by atoms with Crippen LogP contribution in [0, 0.1) is 17.3 Å². The SMILES string of the molecule is COCC1(COC)C=C(C2C=CC=C2)C(C2C=CC=C2)=C1. The van der Waals surface area contributed by atoms with Gasteiger partial charge in [-0.15, -0.1) is 0 Å². The predicted octanol–water partition coefficient (Wildman–Crippen LogP) is 3.62. The Morgan fingerprint density at radius 1 is 0.762 bits per heavy atom. The van der Waals surface area contributed by atoms with E-state index in [1.165, 1.54) is 11.1 Å². The molecule has 2 nitrogen and oxygen atoms in total. The van der Waals surface area contributed by atoms with Crippen LogP contribution in [-0.4, -0.2) is 27.4 Å². The van der Waals surface area contributed by atoms with E-state index in [0.717, 1.165) is 0 Å². The fourth-order valence-corrected chi connectivity index (χ4v) is 3.43. The van der Waals surface area contributed by atoms with Gasteiger partial charge in [0.1, 0.15) is 0 Å². The average Bonchev–Trinajstić information content (AvgIpc) is 3.20. The Balaban J connectivity index is 1.99. The number of rotatable bonds is 6. The van der Waals surface area contributed by atoms with E-state index >= 15 is 0 Å². The highest BCUT2D eigenvalue weighted by atomic mass is 16.5. The molecule has 0 aromatic rings. The van der Waals surface area contributed by atoms with E-state index in [9.17, 15) is 0 Å². The summed E-state index contributed by atoms with van der Waals surface area (Å²) >= 11 is 0. The summed E-state index contributed by atoms with van der Waals surface area (Å²) in [6.45, 7) is 1.29. The van der Waals surface area contributed by atoms with Crippen molar-refractivity contribution in [2.24, 2.45) is 17.3 Å². The molecule has 0 amide bonds. The zero-order valence-corrected chi connectivity index (χ0v) is 12.7. The zero-order valence-electron chi connectivity index (χ0n) is 12.7. The van der Waals surface area contributed by atoms with E-state index in [2.05, 4.69) is 60.8 Å². The fourth-order valence-electron chi connectivity index (χ4n) is 3.43. The molecule has 0 bridgehead atoms. The highest BCUT2D eigenvalue weighted by Gasteiger charge is 2.36. The first-order valence-electron chi connectivity index (χ1n) is 7.42. The van der Waals surface area contributed by atoms with Crippen molar-refractivity contribution in [1.82, 2.24) is 0 Å².